The number of nitrogens with zero attached hydrogens (tertiary/aromatic N) is 2. The largest absolute Gasteiger partial charge is 0.369 e. The molecule has 0 saturated heterocycles. The van der Waals surface area contributed by atoms with Crippen LogP contribution in [0.5, 0.6) is 0 Å². The molecule has 1 amide bonds. The number of anilines is 1. The molecule has 4 nitrogen and oxygen atoms in total. The number of fused-ring (bicyclic) bond motifs is 1. The first-order valence-electron chi connectivity index (χ1n) is 10.1. The van der Waals surface area contributed by atoms with Crippen molar-refractivity contribution in [2.45, 2.75) is 76.8 Å². The Morgan fingerprint density at radius 1 is 1.30 bits per heavy atom. The quantitative estimate of drug-likeness (QED) is 0.620. The molecule has 1 aliphatic carbocycles. The van der Waals surface area contributed by atoms with E-state index in [4.69, 9.17) is 0 Å². The summed E-state index contributed by atoms with van der Waals surface area (Å²) in [6.07, 6.45) is 8.39. The summed E-state index contributed by atoms with van der Waals surface area (Å²) in [6.45, 7) is 6.79. The van der Waals surface area contributed by atoms with Crippen molar-refractivity contribution < 1.29 is 4.79 Å². The second-order valence-electron chi connectivity index (χ2n) is 8.77. The first-order chi connectivity index (χ1) is 12.8. The second-order valence-corrected chi connectivity index (χ2v) is 8.77. The van der Waals surface area contributed by atoms with Crippen LogP contribution < -0.4 is 10.2 Å². The predicted octanol–water partition coefficient (Wildman–Crippen LogP) is 4.76. The SMILES string of the molecule is CC1CC(C)(C)N(C)c2ccc(/C=C(/C#N)C(=O)NC3CCCCC3)cc21. The van der Waals surface area contributed by atoms with Gasteiger partial charge in [-0.3, -0.25) is 4.79 Å². The molecule has 1 unspecified atom stereocenters. The highest BCUT2D eigenvalue weighted by Gasteiger charge is 2.34. The minimum absolute atomic E-state index is 0.126. The van der Waals surface area contributed by atoms with Crippen LogP contribution in [-0.2, 0) is 4.79 Å². The molecular weight excluding hydrogens is 334 g/mol. The molecule has 0 aromatic heterocycles. The highest BCUT2D eigenvalue weighted by atomic mass is 16.1. The summed E-state index contributed by atoms with van der Waals surface area (Å²) < 4.78 is 0. The third-order valence-corrected chi connectivity index (χ3v) is 6.27. The Labute approximate surface area is 163 Å². The second kappa shape index (κ2) is 7.76. The molecule has 0 radical (unpaired) electrons. The molecule has 1 heterocycles. The van der Waals surface area contributed by atoms with E-state index in [1.807, 2.05) is 6.07 Å². The zero-order chi connectivity index (χ0) is 19.6. The van der Waals surface area contributed by atoms with E-state index in [1.54, 1.807) is 6.08 Å². The van der Waals surface area contributed by atoms with Gasteiger partial charge in [-0.2, -0.15) is 5.26 Å². The maximum absolute atomic E-state index is 12.5. The lowest BCUT2D eigenvalue weighted by molar-refractivity contribution is -0.117. The summed E-state index contributed by atoms with van der Waals surface area (Å²) in [5, 5.41) is 12.5. The summed E-state index contributed by atoms with van der Waals surface area (Å²) in [6, 6.07) is 8.56. The third kappa shape index (κ3) is 4.18. The first kappa shape index (κ1) is 19.5. The summed E-state index contributed by atoms with van der Waals surface area (Å²) in [5.74, 6) is 0.203. The average Bonchev–Trinajstić information content (AvgIpc) is 2.64. The van der Waals surface area contributed by atoms with Gasteiger partial charge in [0.05, 0.1) is 0 Å². The molecule has 3 rings (SSSR count). The van der Waals surface area contributed by atoms with E-state index in [-0.39, 0.29) is 23.1 Å². The molecule has 1 fully saturated rings. The van der Waals surface area contributed by atoms with Gasteiger partial charge in [0.2, 0.25) is 0 Å². The van der Waals surface area contributed by atoms with Crippen LogP contribution in [0.3, 0.4) is 0 Å². The van der Waals surface area contributed by atoms with Gasteiger partial charge in [-0.1, -0.05) is 32.3 Å². The lowest BCUT2D eigenvalue weighted by Gasteiger charge is -2.45. The van der Waals surface area contributed by atoms with Gasteiger partial charge in [0, 0.05) is 24.3 Å². The predicted molar refractivity (Wildman–Crippen MR) is 111 cm³/mol. The zero-order valence-electron chi connectivity index (χ0n) is 17.0. The molecule has 27 heavy (non-hydrogen) atoms. The van der Waals surface area contributed by atoms with Gasteiger partial charge in [0.25, 0.3) is 5.91 Å². The van der Waals surface area contributed by atoms with E-state index in [9.17, 15) is 10.1 Å². The van der Waals surface area contributed by atoms with Crippen molar-refractivity contribution >= 4 is 17.7 Å². The van der Waals surface area contributed by atoms with Gasteiger partial charge in [-0.15, -0.1) is 0 Å². The number of hydrogen-bond acceptors (Lipinski definition) is 3. The Kier molecular flexibility index (Phi) is 5.60. The van der Waals surface area contributed by atoms with Crippen LogP contribution in [-0.4, -0.2) is 24.5 Å². The molecule has 144 valence electrons. The van der Waals surface area contributed by atoms with Crippen LogP contribution >= 0.6 is 0 Å². The van der Waals surface area contributed by atoms with Gasteiger partial charge in [-0.25, -0.2) is 0 Å². The maximum Gasteiger partial charge on any atom is 0.262 e. The van der Waals surface area contributed by atoms with Crippen LogP contribution in [0.4, 0.5) is 5.69 Å². The van der Waals surface area contributed by atoms with Gasteiger partial charge >= 0.3 is 0 Å². The molecule has 1 aromatic rings. The molecule has 4 heteroatoms. The number of nitrogens with one attached hydrogen (secondary N) is 1. The highest BCUT2D eigenvalue weighted by Crippen LogP contribution is 2.42. The Balaban J connectivity index is 1.82. The fourth-order valence-corrected chi connectivity index (χ4v) is 4.51. The number of carbonyl (C=O) groups excluding carboxylic acids is 1. The molecule has 1 saturated carbocycles. The number of rotatable bonds is 3. The fraction of sp³-hybridized carbons (Fsp3) is 0.565. The Hall–Kier alpha value is -2.28. The minimum Gasteiger partial charge on any atom is -0.369 e. The molecule has 1 aromatic carbocycles. The van der Waals surface area contributed by atoms with E-state index >= 15 is 0 Å². The Bertz CT molecular complexity index is 781. The number of amides is 1. The molecule has 1 aliphatic heterocycles. The smallest absolute Gasteiger partial charge is 0.262 e. The summed E-state index contributed by atoms with van der Waals surface area (Å²) in [7, 11) is 2.14. The third-order valence-electron chi connectivity index (χ3n) is 6.27. The summed E-state index contributed by atoms with van der Waals surface area (Å²) in [5.41, 5.74) is 3.76. The van der Waals surface area contributed by atoms with Crippen LogP contribution in [0.2, 0.25) is 0 Å². The van der Waals surface area contributed by atoms with E-state index in [2.05, 4.69) is 56.2 Å². The number of carbonyl (C=O) groups is 1. The normalized spacial score (nSPS) is 22.7. The number of hydrogen-bond donors (Lipinski definition) is 1. The average molecular weight is 366 g/mol. The molecular formula is C23H31N3O. The molecule has 1 N–H and O–H groups in total. The molecule has 0 bridgehead atoms. The minimum atomic E-state index is -0.242. The fourth-order valence-electron chi connectivity index (χ4n) is 4.51. The van der Waals surface area contributed by atoms with Crippen molar-refractivity contribution in [2.24, 2.45) is 0 Å². The summed E-state index contributed by atoms with van der Waals surface area (Å²) >= 11 is 0. The van der Waals surface area contributed by atoms with Gasteiger partial charge < -0.3 is 10.2 Å². The van der Waals surface area contributed by atoms with Gasteiger partial charge in [0.1, 0.15) is 11.6 Å². The van der Waals surface area contributed by atoms with Crippen molar-refractivity contribution in [3.05, 3.63) is 34.9 Å². The van der Waals surface area contributed by atoms with E-state index in [1.165, 1.54) is 17.7 Å². The van der Waals surface area contributed by atoms with Crippen LogP contribution in [0.25, 0.3) is 6.08 Å². The van der Waals surface area contributed by atoms with Crippen molar-refractivity contribution in [1.29, 1.82) is 5.26 Å². The Morgan fingerprint density at radius 3 is 2.67 bits per heavy atom. The monoisotopic (exact) mass is 365 g/mol. The molecule has 0 spiro atoms. The van der Waals surface area contributed by atoms with Crippen LogP contribution in [0, 0.1) is 11.3 Å². The Morgan fingerprint density at radius 2 is 2.00 bits per heavy atom. The lowest BCUT2D eigenvalue weighted by atomic mass is 9.80. The van der Waals surface area contributed by atoms with Gasteiger partial charge in [0.15, 0.2) is 0 Å². The zero-order valence-corrected chi connectivity index (χ0v) is 17.0. The van der Waals surface area contributed by atoms with Crippen LogP contribution in [0.1, 0.15) is 76.3 Å². The maximum atomic E-state index is 12.5. The highest BCUT2D eigenvalue weighted by molar-refractivity contribution is 6.01. The number of benzene rings is 1. The van der Waals surface area contributed by atoms with Crippen LogP contribution in [0.15, 0.2) is 23.8 Å². The van der Waals surface area contributed by atoms with Gasteiger partial charge in [-0.05, 0) is 68.4 Å². The van der Waals surface area contributed by atoms with E-state index in [0.29, 0.717) is 5.92 Å². The van der Waals surface area contributed by atoms with Crippen molar-refractivity contribution in [3.8, 4) is 6.07 Å². The standard InChI is InChI=1S/C23H31N3O/c1-16-14-23(2,3)26(4)21-11-10-17(13-20(16)21)12-18(15-24)22(27)25-19-8-6-5-7-9-19/h10-13,16,19H,5-9,14H2,1-4H3,(H,25,27)/b18-12-. The summed E-state index contributed by atoms with van der Waals surface area (Å²) in [4.78, 5) is 14.9. The van der Waals surface area contributed by atoms with E-state index in [0.717, 1.165) is 37.7 Å². The topological polar surface area (TPSA) is 56.1 Å². The van der Waals surface area contributed by atoms with Crippen molar-refractivity contribution in [1.82, 2.24) is 5.32 Å². The van der Waals surface area contributed by atoms with Crippen molar-refractivity contribution in [3.63, 3.8) is 0 Å². The first-order valence-corrected chi connectivity index (χ1v) is 10.1. The van der Waals surface area contributed by atoms with Crippen molar-refractivity contribution in [2.75, 3.05) is 11.9 Å². The number of nitriles is 1. The lowest BCUT2D eigenvalue weighted by Crippen LogP contribution is -2.45. The van der Waals surface area contributed by atoms with E-state index < -0.39 is 0 Å². The molecule has 2 aliphatic rings. The molecule has 1 atom stereocenters.